The SMILES string of the molecule is CCC(C)c1ccc(OCC(=O)Nc2sc3c(c2C(N)=O)CCCCC3)cc1. The van der Waals surface area contributed by atoms with Gasteiger partial charge in [-0.3, -0.25) is 9.59 Å². The molecule has 1 aliphatic rings. The highest BCUT2D eigenvalue weighted by atomic mass is 32.1. The molecule has 1 heterocycles. The Morgan fingerprint density at radius 2 is 1.89 bits per heavy atom. The first-order valence-corrected chi connectivity index (χ1v) is 10.8. The molecule has 1 unspecified atom stereocenters. The molecule has 0 saturated heterocycles. The number of amides is 2. The predicted molar refractivity (Wildman–Crippen MR) is 113 cm³/mol. The summed E-state index contributed by atoms with van der Waals surface area (Å²) in [5.74, 6) is 0.388. The summed E-state index contributed by atoms with van der Waals surface area (Å²) in [6.07, 6.45) is 6.18. The van der Waals surface area contributed by atoms with Crippen molar-refractivity contribution in [3.63, 3.8) is 0 Å². The number of hydrogen-bond donors (Lipinski definition) is 2. The minimum absolute atomic E-state index is 0.108. The van der Waals surface area contributed by atoms with Crippen LogP contribution >= 0.6 is 11.3 Å². The molecule has 1 aromatic heterocycles. The summed E-state index contributed by atoms with van der Waals surface area (Å²) in [4.78, 5) is 25.5. The van der Waals surface area contributed by atoms with Gasteiger partial charge in [0.2, 0.25) is 0 Å². The fraction of sp³-hybridized carbons (Fsp3) is 0.455. The fourth-order valence-electron chi connectivity index (χ4n) is 3.53. The molecule has 0 radical (unpaired) electrons. The van der Waals surface area contributed by atoms with Crippen molar-refractivity contribution in [2.75, 3.05) is 11.9 Å². The number of aryl methyl sites for hydroxylation is 1. The Morgan fingerprint density at radius 1 is 1.18 bits per heavy atom. The van der Waals surface area contributed by atoms with Crippen molar-refractivity contribution in [1.29, 1.82) is 0 Å². The molecule has 0 saturated carbocycles. The number of anilines is 1. The summed E-state index contributed by atoms with van der Waals surface area (Å²) in [7, 11) is 0. The number of carbonyl (C=O) groups is 2. The number of hydrogen-bond acceptors (Lipinski definition) is 4. The molecule has 150 valence electrons. The second-order valence-corrected chi connectivity index (χ2v) is 8.45. The Bertz CT molecular complexity index is 842. The lowest BCUT2D eigenvalue weighted by Crippen LogP contribution is -2.22. The van der Waals surface area contributed by atoms with E-state index in [2.05, 4.69) is 19.2 Å². The third-order valence-electron chi connectivity index (χ3n) is 5.35. The number of rotatable bonds is 7. The fourth-order valence-corrected chi connectivity index (χ4v) is 4.84. The molecule has 5 nitrogen and oxygen atoms in total. The minimum Gasteiger partial charge on any atom is -0.484 e. The van der Waals surface area contributed by atoms with Gasteiger partial charge in [-0.2, -0.15) is 0 Å². The molecule has 0 fully saturated rings. The van der Waals surface area contributed by atoms with Crippen LogP contribution in [0.5, 0.6) is 5.75 Å². The summed E-state index contributed by atoms with van der Waals surface area (Å²) >= 11 is 1.47. The number of ether oxygens (including phenoxy) is 1. The average molecular weight is 401 g/mol. The van der Waals surface area contributed by atoms with Gasteiger partial charge in [0.25, 0.3) is 11.8 Å². The Hall–Kier alpha value is -2.34. The van der Waals surface area contributed by atoms with Gasteiger partial charge in [-0.1, -0.05) is 32.4 Å². The lowest BCUT2D eigenvalue weighted by atomic mass is 9.99. The van der Waals surface area contributed by atoms with Crippen LogP contribution in [0.15, 0.2) is 24.3 Å². The van der Waals surface area contributed by atoms with Gasteiger partial charge < -0.3 is 15.8 Å². The van der Waals surface area contributed by atoms with E-state index in [1.807, 2.05) is 24.3 Å². The summed E-state index contributed by atoms with van der Waals surface area (Å²) < 4.78 is 5.61. The van der Waals surface area contributed by atoms with Crippen molar-refractivity contribution >= 4 is 28.2 Å². The standard InChI is InChI=1S/C22H28N2O3S/c1-3-14(2)15-9-11-16(12-10-15)27-13-19(25)24-22-20(21(23)26)17-7-5-4-6-8-18(17)28-22/h9-12,14H,3-8,13H2,1-2H3,(H2,23,26)(H,24,25). The zero-order valence-electron chi connectivity index (χ0n) is 16.5. The normalized spacial score (nSPS) is 14.6. The third-order valence-corrected chi connectivity index (χ3v) is 6.56. The molecule has 1 aromatic carbocycles. The van der Waals surface area contributed by atoms with E-state index >= 15 is 0 Å². The van der Waals surface area contributed by atoms with E-state index in [0.29, 0.717) is 22.2 Å². The molecule has 1 atom stereocenters. The van der Waals surface area contributed by atoms with Gasteiger partial charge >= 0.3 is 0 Å². The molecule has 6 heteroatoms. The highest BCUT2D eigenvalue weighted by Crippen LogP contribution is 2.37. The van der Waals surface area contributed by atoms with E-state index in [4.69, 9.17) is 10.5 Å². The third kappa shape index (κ3) is 4.73. The number of carbonyl (C=O) groups excluding carboxylic acids is 2. The van der Waals surface area contributed by atoms with E-state index < -0.39 is 5.91 Å². The van der Waals surface area contributed by atoms with E-state index in [1.165, 1.54) is 21.8 Å². The summed E-state index contributed by atoms with van der Waals surface area (Å²) in [6, 6.07) is 7.83. The largest absolute Gasteiger partial charge is 0.484 e. The molecule has 2 amide bonds. The predicted octanol–water partition coefficient (Wildman–Crippen LogP) is 4.65. The average Bonchev–Trinajstić information content (AvgIpc) is 2.87. The number of thiophene rings is 1. The van der Waals surface area contributed by atoms with Crippen LogP contribution in [-0.4, -0.2) is 18.4 Å². The number of primary amides is 1. The van der Waals surface area contributed by atoms with Gasteiger partial charge in [-0.25, -0.2) is 0 Å². The summed E-state index contributed by atoms with van der Waals surface area (Å²) in [6.45, 7) is 4.23. The summed E-state index contributed by atoms with van der Waals surface area (Å²) in [5.41, 5.74) is 8.37. The van der Waals surface area contributed by atoms with E-state index in [9.17, 15) is 9.59 Å². The second kappa shape index (κ2) is 9.24. The summed E-state index contributed by atoms with van der Waals surface area (Å²) in [5, 5.41) is 3.39. The number of nitrogens with two attached hydrogens (primary N) is 1. The molecule has 28 heavy (non-hydrogen) atoms. The maximum absolute atomic E-state index is 12.4. The van der Waals surface area contributed by atoms with Crippen LogP contribution in [0.4, 0.5) is 5.00 Å². The van der Waals surface area contributed by atoms with Crippen LogP contribution < -0.4 is 15.8 Å². The minimum atomic E-state index is -0.476. The van der Waals surface area contributed by atoms with Crippen molar-refractivity contribution in [3.05, 3.63) is 45.8 Å². The Labute approximate surface area is 170 Å². The highest BCUT2D eigenvalue weighted by molar-refractivity contribution is 7.17. The van der Waals surface area contributed by atoms with Crippen LogP contribution in [0.3, 0.4) is 0 Å². The molecule has 1 aliphatic carbocycles. The van der Waals surface area contributed by atoms with Gasteiger partial charge in [-0.15, -0.1) is 11.3 Å². The maximum Gasteiger partial charge on any atom is 0.262 e. The molecular weight excluding hydrogens is 372 g/mol. The first-order chi connectivity index (χ1) is 13.5. The van der Waals surface area contributed by atoms with Crippen molar-refractivity contribution in [3.8, 4) is 5.75 Å². The Balaban J connectivity index is 1.64. The molecule has 0 spiro atoms. The quantitative estimate of drug-likeness (QED) is 0.664. The van der Waals surface area contributed by atoms with Crippen molar-refractivity contribution in [2.45, 2.75) is 58.3 Å². The van der Waals surface area contributed by atoms with Crippen LogP contribution in [0.25, 0.3) is 0 Å². The Morgan fingerprint density at radius 3 is 2.57 bits per heavy atom. The van der Waals surface area contributed by atoms with Crippen LogP contribution in [0.2, 0.25) is 0 Å². The topological polar surface area (TPSA) is 81.4 Å². The molecule has 3 rings (SSSR count). The van der Waals surface area contributed by atoms with E-state index in [1.54, 1.807) is 0 Å². The van der Waals surface area contributed by atoms with Crippen molar-refractivity contribution < 1.29 is 14.3 Å². The molecular formula is C22H28N2O3S. The molecule has 2 aromatic rings. The molecule has 3 N–H and O–H groups in total. The molecule has 0 aliphatic heterocycles. The number of benzene rings is 1. The van der Waals surface area contributed by atoms with Crippen LogP contribution in [-0.2, 0) is 17.6 Å². The monoisotopic (exact) mass is 400 g/mol. The lowest BCUT2D eigenvalue weighted by molar-refractivity contribution is -0.118. The molecule has 0 bridgehead atoms. The zero-order chi connectivity index (χ0) is 20.1. The van der Waals surface area contributed by atoms with Gasteiger partial charge in [0.1, 0.15) is 10.8 Å². The highest BCUT2D eigenvalue weighted by Gasteiger charge is 2.24. The van der Waals surface area contributed by atoms with Gasteiger partial charge in [0, 0.05) is 4.88 Å². The van der Waals surface area contributed by atoms with E-state index in [-0.39, 0.29) is 12.5 Å². The van der Waals surface area contributed by atoms with Crippen LogP contribution in [0.1, 0.15) is 71.8 Å². The first-order valence-electron chi connectivity index (χ1n) is 9.96. The van der Waals surface area contributed by atoms with E-state index in [0.717, 1.165) is 44.1 Å². The second-order valence-electron chi connectivity index (χ2n) is 7.35. The first kappa shape index (κ1) is 20.4. The van der Waals surface area contributed by atoms with Gasteiger partial charge in [0.05, 0.1) is 5.56 Å². The Kier molecular flexibility index (Phi) is 6.73. The lowest BCUT2D eigenvalue weighted by Gasteiger charge is -2.11. The smallest absolute Gasteiger partial charge is 0.262 e. The van der Waals surface area contributed by atoms with Gasteiger partial charge in [0.15, 0.2) is 6.61 Å². The number of nitrogens with one attached hydrogen (secondary N) is 1. The van der Waals surface area contributed by atoms with Crippen molar-refractivity contribution in [2.24, 2.45) is 5.73 Å². The van der Waals surface area contributed by atoms with Gasteiger partial charge in [-0.05, 0) is 61.3 Å². The van der Waals surface area contributed by atoms with Crippen molar-refractivity contribution in [1.82, 2.24) is 0 Å². The zero-order valence-corrected chi connectivity index (χ0v) is 17.4. The maximum atomic E-state index is 12.4. The van der Waals surface area contributed by atoms with Crippen LogP contribution in [0, 0.1) is 0 Å². The number of fused-ring (bicyclic) bond motifs is 1.